The Labute approximate surface area is 321 Å². The lowest BCUT2D eigenvalue weighted by Gasteiger charge is -2.30. The summed E-state index contributed by atoms with van der Waals surface area (Å²) in [6, 6.07) is 0. The normalized spacial score (nSPS) is 15.3. The molecule has 1 aliphatic heterocycles. The molecule has 0 aromatic rings. The first kappa shape index (κ1) is 48.4. The molecule has 16 heteroatoms. The van der Waals surface area contributed by atoms with Crippen LogP contribution in [0, 0.1) is 11.3 Å². The van der Waals surface area contributed by atoms with Crippen molar-refractivity contribution >= 4 is 41.4 Å². The summed E-state index contributed by atoms with van der Waals surface area (Å²) in [6.45, 7) is 19.3. The lowest BCUT2D eigenvalue weighted by Crippen LogP contribution is -2.46. The maximum absolute atomic E-state index is 12.7. The topological polar surface area (TPSA) is 210 Å². The van der Waals surface area contributed by atoms with Gasteiger partial charge in [0, 0.05) is 77.2 Å². The summed E-state index contributed by atoms with van der Waals surface area (Å²) in [7, 11) is 0. The van der Waals surface area contributed by atoms with Crippen molar-refractivity contribution in [3.63, 3.8) is 0 Å². The van der Waals surface area contributed by atoms with E-state index < -0.39 is 41.8 Å². The van der Waals surface area contributed by atoms with Crippen LogP contribution in [0.1, 0.15) is 114 Å². The predicted molar refractivity (Wildman–Crippen MR) is 201 cm³/mol. The van der Waals surface area contributed by atoms with Gasteiger partial charge in [-0.25, -0.2) is 4.79 Å². The smallest absolute Gasteiger partial charge is 0.329 e. The maximum atomic E-state index is 12.7. The molecule has 0 bridgehead atoms. The van der Waals surface area contributed by atoms with Gasteiger partial charge in [-0.3, -0.25) is 33.7 Å². The number of aliphatic carboxylic acids is 1. The average molecular weight is 770 g/mol. The third-order valence-corrected chi connectivity index (χ3v) is 9.20. The molecule has 4 N–H and O–H groups in total. The lowest BCUT2D eigenvalue weighted by atomic mass is 9.80. The van der Waals surface area contributed by atoms with Gasteiger partial charge in [0.25, 0.3) is 0 Å². The van der Waals surface area contributed by atoms with E-state index in [1.165, 1.54) is 9.80 Å². The van der Waals surface area contributed by atoms with Crippen LogP contribution in [-0.4, -0.2) is 132 Å². The molecular weight excluding hydrogens is 702 g/mol. The van der Waals surface area contributed by atoms with Gasteiger partial charge in [0.05, 0.1) is 17.1 Å². The Morgan fingerprint density at radius 2 is 1.31 bits per heavy atom. The zero-order chi connectivity index (χ0) is 41.3. The Morgan fingerprint density at radius 1 is 0.778 bits per heavy atom. The molecule has 1 rings (SSSR count). The van der Waals surface area contributed by atoms with Crippen LogP contribution in [0.25, 0.3) is 0 Å². The summed E-state index contributed by atoms with van der Waals surface area (Å²) in [5.74, 6) is -3.26. The predicted octanol–water partition coefficient (Wildman–Crippen LogP) is 2.42. The molecule has 310 valence electrons. The van der Waals surface area contributed by atoms with Crippen LogP contribution in [-0.2, 0) is 47.8 Å². The second-order valence-corrected chi connectivity index (χ2v) is 16.7. The van der Waals surface area contributed by atoms with Crippen LogP contribution < -0.4 is 16.0 Å². The van der Waals surface area contributed by atoms with Gasteiger partial charge in [-0.15, -0.1) is 0 Å². The highest BCUT2D eigenvalue weighted by Gasteiger charge is 2.44. The second kappa shape index (κ2) is 22.1. The third-order valence-electron chi connectivity index (χ3n) is 9.20. The molecule has 0 aliphatic carbocycles. The number of carbonyl (C=O) groups is 7. The van der Waals surface area contributed by atoms with Crippen LogP contribution in [0.2, 0.25) is 0 Å². The SMILES string of the molecule is CCOC(C)(C)CCC(=O)NCCN(CCNC(=O)CCC(C)(C)OCCC(C)(C)NC(=O)CCN1C(=O)CC(C(C)(C)C)C1=O)C(=O)COCC(=O)O. The molecule has 1 aliphatic rings. The Morgan fingerprint density at radius 3 is 1.80 bits per heavy atom. The van der Waals surface area contributed by atoms with E-state index in [1.54, 1.807) is 0 Å². The molecule has 1 atom stereocenters. The fourth-order valence-electron chi connectivity index (χ4n) is 5.77. The minimum atomic E-state index is -1.21. The van der Waals surface area contributed by atoms with Crippen molar-refractivity contribution in [1.82, 2.24) is 25.8 Å². The first-order chi connectivity index (χ1) is 24.9. The van der Waals surface area contributed by atoms with Crippen LogP contribution >= 0.6 is 0 Å². The van der Waals surface area contributed by atoms with Crippen LogP contribution in [0.15, 0.2) is 0 Å². The van der Waals surface area contributed by atoms with Crippen molar-refractivity contribution in [1.29, 1.82) is 0 Å². The van der Waals surface area contributed by atoms with Gasteiger partial charge in [-0.1, -0.05) is 20.8 Å². The number of carbonyl (C=O) groups excluding carboxylic acids is 6. The summed E-state index contributed by atoms with van der Waals surface area (Å²) < 4.78 is 16.6. The van der Waals surface area contributed by atoms with E-state index in [-0.39, 0.29) is 99.3 Å². The zero-order valence-electron chi connectivity index (χ0n) is 34.3. The van der Waals surface area contributed by atoms with Gasteiger partial charge >= 0.3 is 5.97 Å². The number of amides is 6. The average Bonchev–Trinajstić information content (AvgIpc) is 3.33. The number of hydrogen-bond acceptors (Lipinski definition) is 10. The van der Waals surface area contributed by atoms with Gasteiger partial charge in [-0.2, -0.15) is 0 Å². The zero-order valence-corrected chi connectivity index (χ0v) is 34.3. The molecule has 54 heavy (non-hydrogen) atoms. The molecule has 0 saturated carbocycles. The van der Waals surface area contributed by atoms with E-state index in [1.807, 2.05) is 69.2 Å². The number of nitrogens with one attached hydrogen (secondary N) is 3. The van der Waals surface area contributed by atoms with Gasteiger partial charge in [0.1, 0.15) is 13.2 Å². The van der Waals surface area contributed by atoms with E-state index in [0.717, 1.165) is 0 Å². The second-order valence-electron chi connectivity index (χ2n) is 16.7. The lowest BCUT2D eigenvalue weighted by molar-refractivity contribution is -0.146. The maximum Gasteiger partial charge on any atom is 0.329 e. The number of imide groups is 1. The number of carboxylic acid groups (broad SMARTS) is 1. The summed E-state index contributed by atoms with van der Waals surface area (Å²) in [5.41, 5.74) is -2.05. The molecule has 1 unspecified atom stereocenters. The number of likely N-dealkylation sites (tertiary alicyclic amines) is 1. The van der Waals surface area contributed by atoms with Gasteiger partial charge in [-0.05, 0) is 73.1 Å². The summed E-state index contributed by atoms with van der Waals surface area (Å²) in [5, 5.41) is 17.4. The molecule has 1 heterocycles. The van der Waals surface area contributed by atoms with E-state index in [0.29, 0.717) is 32.5 Å². The van der Waals surface area contributed by atoms with Crippen molar-refractivity contribution in [3.8, 4) is 0 Å². The van der Waals surface area contributed by atoms with Crippen LogP contribution in [0.3, 0.4) is 0 Å². The first-order valence-electron chi connectivity index (χ1n) is 18.9. The number of hydrogen-bond donors (Lipinski definition) is 4. The molecule has 0 radical (unpaired) electrons. The highest BCUT2D eigenvalue weighted by molar-refractivity contribution is 6.04. The quantitative estimate of drug-likeness (QED) is 0.0939. The van der Waals surface area contributed by atoms with Crippen molar-refractivity contribution in [2.75, 3.05) is 59.2 Å². The van der Waals surface area contributed by atoms with Gasteiger partial charge < -0.3 is 40.2 Å². The Hall–Kier alpha value is -3.63. The molecule has 1 fully saturated rings. The number of nitrogens with zero attached hydrogens (tertiary/aromatic N) is 2. The van der Waals surface area contributed by atoms with E-state index >= 15 is 0 Å². The summed E-state index contributed by atoms with van der Waals surface area (Å²) >= 11 is 0. The molecular formula is C38H67N5O11. The molecule has 1 saturated heterocycles. The number of rotatable bonds is 26. The fourth-order valence-corrected chi connectivity index (χ4v) is 5.77. The molecule has 16 nitrogen and oxygen atoms in total. The fraction of sp³-hybridized carbons (Fsp3) is 0.816. The highest BCUT2D eigenvalue weighted by atomic mass is 16.5. The van der Waals surface area contributed by atoms with Crippen molar-refractivity contribution in [3.05, 3.63) is 0 Å². The monoisotopic (exact) mass is 769 g/mol. The minimum absolute atomic E-state index is 0.00815. The van der Waals surface area contributed by atoms with Crippen molar-refractivity contribution in [2.24, 2.45) is 11.3 Å². The molecule has 0 aromatic carbocycles. The minimum Gasteiger partial charge on any atom is -0.480 e. The first-order valence-corrected chi connectivity index (χ1v) is 18.9. The Bertz CT molecular complexity index is 1290. The largest absolute Gasteiger partial charge is 0.480 e. The van der Waals surface area contributed by atoms with Crippen molar-refractivity contribution < 1.29 is 52.9 Å². The van der Waals surface area contributed by atoms with E-state index in [9.17, 15) is 33.6 Å². The van der Waals surface area contributed by atoms with Crippen LogP contribution in [0.5, 0.6) is 0 Å². The highest BCUT2D eigenvalue weighted by Crippen LogP contribution is 2.35. The van der Waals surface area contributed by atoms with E-state index in [4.69, 9.17) is 19.3 Å². The van der Waals surface area contributed by atoms with Crippen molar-refractivity contribution in [2.45, 2.75) is 131 Å². The Kier molecular flexibility index (Phi) is 19.8. The summed E-state index contributed by atoms with van der Waals surface area (Å²) in [6.07, 6.45) is 1.98. The molecule has 0 spiro atoms. The van der Waals surface area contributed by atoms with Gasteiger partial charge in [0.15, 0.2) is 0 Å². The molecule has 0 aromatic heterocycles. The Balaban J connectivity index is 2.50. The van der Waals surface area contributed by atoms with Crippen LogP contribution in [0.4, 0.5) is 0 Å². The summed E-state index contributed by atoms with van der Waals surface area (Å²) in [4.78, 5) is 89.0. The van der Waals surface area contributed by atoms with Gasteiger partial charge in [0.2, 0.25) is 35.4 Å². The van der Waals surface area contributed by atoms with E-state index in [2.05, 4.69) is 16.0 Å². The standard InChI is InChI=1S/C38H67N5O11/c1-11-53-37(7,8)15-12-28(44)39-18-21-42(32(48)25-52-26-33(49)50)22-19-40-29(45)13-16-38(9,10)54-23-17-36(5,6)41-30(46)14-20-43-31(47)24-27(34(43)51)35(2,3)4/h27H,11-26H2,1-10H3,(H,39,44)(H,40,45)(H,41,46)(H,49,50). The third kappa shape index (κ3) is 19.6. The number of ether oxygens (including phenoxy) is 3. The number of carboxylic acids is 1. The molecule has 6 amide bonds.